The topological polar surface area (TPSA) is 120 Å². The Bertz CT molecular complexity index is 1230. The molecule has 1 amide bonds. The first kappa shape index (κ1) is 24.6. The summed E-state index contributed by atoms with van der Waals surface area (Å²) in [6.07, 6.45) is 6.86. The summed E-state index contributed by atoms with van der Waals surface area (Å²) in [6.45, 7) is 1.42. The molecular formula is C24H28ClF2N7O2. The van der Waals surface area contributed by atoms with Crippen molar-refractivity contribution in [3.8, 4) is 0 Å². The second-order valence-corrected chi connectivity index (χ2v) is 9.81. The molecule has 4 N–H and O–H groups in total. The number of nitrogens with two attached hydrogens (primary N) is 1. The van der Waals surface area contributed by atoms with Gasteiger partial charge in [-0.2, -0.15) is 4.98 Å². The molecule has 3 heterocycles. The quantitative estimate of drug-likeness (QED) is 0.431. The number of nitrogens with one attached hydrogen (secondary N) is 2. The highest BCUT2D eigenvalue weighted by Gasteiger charge is 2.30. The minimum absolute atomic E-state index is 0.0423. The lowest BCUT2D eigenvalue weighted by atomic mass is 9.85. The van der Waals surface area contributed by atoms with Gasteiger partial charge in [0, 0.05) is 36.2 Å². The lowest BCUT2D eigenvalue weighted by Crippen LogP contribution is -2.29. The summed E-state index contributed by atoms with van der Waals surface area (Å²) in [5.74, 6) is -1.48. The van der Waals surface area contributed by atoms with Gasteiger partial charge in [0.25, 0.3) is 0 Å². The fraction of sp³-hybridized carbons (Fsp3) is 0.500. The van der Waals surface area contributed by atoms with Gasteiger partial charge in [-0.3, -0.25) is 9.36 Å². The van der Waals surface area contributed by atoms with Gasteiger partial charge in [-0.15, -0.1) is 0 Å². The Morgan fingerprint density at radius 2 is 1.83 bits per heavy atom. The monoisotopic (exact) mass is 519 g/mol. The minimum Gasteiger partial charge on any atom is -0.381 e. The summed E-state index contributed by atoms with van der Waals surface area (Å²) in [7, 11) is 0. The Hall–Kier alpha value is -3.05. The fourth-order valence-electron chi connectivity index (χ4n) is 5.02. The van der Waals surface area contributed by atoms with Crippen LogP contribution in [0.1, 0.15) is 51.0 Å². The van der Waals surface area contributed by atoms with E-state index in [1.807, 2.05) is 4.57 Å². The van der Waals surface area contributed by atoms with Crippen molar-refractivity contribution in [2.45, 2.75) is 57.0 Å². The number of hydrogen-bond donors (Lipinski definition) is 3. The molecule has 1 aromatic carbocycles. The van der Waals surface area contributed by atoms with E-state index in [1.165, 1.54) is 0 Å². The molecular weight excluding hydrogens is 492 g/mol. The Kier molecular flexibility index (Phi) is 7.20. The van der Waals surface area contributed by atoms with Crippen LogP contribution in [0, 0.1) is 17.6 Å². The number of fused-ring (bicyclic) bond motifs is 1. The first-order valence-corrected chi connectivity index (χ1v) is 12.6. The molecule has 2 aromatic heterocycles. The number of carbonyl (C=O) groups excluding carboxylic acids is 1. The van der Waals surface area contributed by atoms with Crippen LogP contribution in [0.5, 0.6) is 0 Å². The maximum atomic E-state index is 14.6. The van der Waals surface area contributed by atoms with Gasteiger partial charge in [0.15, 0.2) is 17.3 Å². The van der Waals surface area contributed by atoms with Gasteiger partial charge in [0.2, 0.25) is 17.8 Å². The summed E-state index contributed by atoms with van der Waals surface area (Å²) >= 11 is 5.79. The predicted molar refractivity (Wildman–Crippen MR) is 132 cm³/mol. The normalized spacial score (nSPS) is 22.8. The van der Waals surface area contributed by atoms with Crippen LogP contribution in [0.25, 0.3) is 11.2 Å². The highest BCUT2D eigenvalue weighted by molar-refractivity contribution is 6.30. The van der Waals surface area contributed by atoms with Crippen molar-refractivity contribution in [3.63, 3.8) is 0 Å². The molecule has 1 aliphatic carbocycles. The minimum atomic E-state index is -0.833. The van der Waals surface area contributed by atoms with E-state index < -0.39 is 11.6 Å². The van der Waals surface area contributed by atoms with Crippen molar-refractivity contribution >= 4 is 46.3 Å². The molecule has 2 aliphatic rings. The molecule has 0 radical (unpaired) electrons. The molecule has 9 nitrogen and oxygen atoms in total. The van der Waals surface area contributed by atoms with Crippen LogP contribution in [-0.2, 0) is 9.53 Å². The van der Waals surface area contributed by atoms with Gasteiger partial charge in [-0.25, -0.2) is 18.7 Å². The third-order valence-corrected chi connectivity index (χ3v) is 7.14. The molecule has 2 fully saturated rings. The van der Waals surface area contributed by atoms with Crippen molar-refractivity contribution in [2.24, 2.45) is 11.7 Å². The molecule has 36 heavy (non-hydrogen) atoms. The molecule has 12 heteroatoms. The lowest BCUT2D eigenvalue weighted by Gasteiger charge is -2.29. The third kappa shape index (κ3) is 5.22. The van der Waals surface area contributed by atoms with Crippen LogP contribution in [0.3, 0.4) is 0 Å². The average Bonchev–Trinajstić information content (AvgIpc) is 2.99. The van der Waals surface area contributed by atoms with E-state index in [2.05, 4.69) is 20.6 Å². The molecule has 5 rings (SSSR count). The molecule has 3 aromatic rings. The van der Waals surface area contributed by atoms with E-state index in [0.717, 1.165) is 38.0 Å². The Labute approximate surface area is 211 Å². The van der Waals surface area contributed by atoms with E-state index in [9.17, 15) is 13.6 Å². The number of primary amides is 1. The smallest absolute Gasteiger partial charge is 0.224 e. The van der Waals surface area contributed by atoms with Crippen LogP contribution >= 0.6 is 11.6 Å². The Morgan fingerprint density at radius 1 is 1.08 bits per heavy atom. The molecule has 0 unspecified atom stereocenters. The van der Waals surface area contributed by atoms with Crippen molar-refractivity contribution in [1.82, 2.24) is 19.5 Å². The summed E-state index contributed by atoms with van der Waals surface area (Å²) in [5.41, 5.74) is 6.19. The maximum absolute atomic E-state index is 14.6. The molecule has 0 spiro atoms. The zero-order valence-corrected chi connectivity index (χ0v) is 20.4. The van der Waals surface area contributed by atoms with E-state index in [-0.39, 0.29) is 40.6 Å². The standard InChI is InChI=1S/C24H28ClF2N7O2/c25-14-10-17(26)20(18(27)11-14)32-24-31-19-12-29-23(30-15-2-1-8-36-9-7-15)33-22(19)34(24)16-5-3-13(4-6-16)21(28)35/h10-13,15-16H,1-9H2,(H2,28,35)(H,31,32)(H,29,30,33)/t13?,15-,16?/m0/s1. The molecule has 1 saturated heterocycles. The molecule has 1 atom stereocenters. The highest BCUT2D eigenvalue weighted by atomic mass is 35.5. The van der Waals surface area contributed by atoms with E-state index in [4.69, 9.17) is 27.1 Å². The van der Waals surface area contributed by atoms with Gasteiger partial charge >= 0.3 is 0 Å². The number of imidazole rings is 1. The number of carbonyl (C=O) groups is 1. The number of ether oxygens (including phenoxy) is 1. The number of halogens is 3. The van der Waals surface area contributed by atoms with Crippen LogP contribution in [0.4, 0.5) is 26.4 Å². The van der Waals surface area contributed by atoms with E-state index in [1.54, 1.807) is 6.20 Å². The van der Waals surface area contributed by atoms with Crippen molar-refractivity contribution in [1.29, 1.82) is 0 Å². The molecule has 1 aliphatic heterocycles. The van der Waals surface area contributed by atoms with Gasteiger partial charge in [-0.1, -0.05) is 11.6 Å². The SMILES string of the molecule is NC(=O)C1CCC(n2c(Nc3c(F)cc(Cl)cc3F)nc3cnc(N[C@H]4CCCOCC4)nc32)CC1. The van der Waals surface area contributed by atoms with E-state index >= 15 is 0 Å². The number of hydrogen-bond acceptors (Lipinski definition) is 7. The lowest BCUT2D eigenvalue weighted by molar-refractivity contribution is -0.122. The Morgan fingerprint density at radius 3 is 2.56 bits per heavy atom. The predicted octanol–water partition coefficient (Wildman–Crippen LogP) is 4.70. The van der Waals surface area contributed by atoms with Crippen LogP contribution < -0.4 is 16.4 Å². The van der Waals surface area contributed by atoms with Gasteiger partial charge < -0.3 is 21.1 Å². The van der Waals surface area contributed by atoms with Gasteiger partial charge in [0.1, 0.15) is 11.2 Å². The van der Waals surface area contributed by atoms with Gasteiger partial charge in [-0.05, 0) is 57.1 Å². The van der Waals surface area contributed by atoms with Crippen molar-refractivity contribution in [2.75, 3.05) is 23.8 Å². The Balaban J connectivity index is 1.51. The number of rotatable bonds is 6. The van der Waals surface area contributed by atoms with E-state index in [0.29, 0.717) is 49.4 Å². The number of aromatic nitrogens is 4. The first-order valence-electron chi connectivity index (χ1n) is 12.2. The molecule has 1 saturated carbocycles. The number of benzene rings is 1. The fourth-order valence-corrected chi connectivity index (χ4v) is 5.21. The van der Waals surface area contributed by atoms with Crippen molar-refractivity contribution < 1.29 is 18.3 Å². The number of amides is 1. The summed E-state index contributed by atoms with van der Waals surface area (Å²) in [6, 6.07) is 2.16. The number of nitrogens with zero attached hydrogens (tertiary/aromatic N) is 4. The first-order chi connectivity index (χ1) is 17.4. The third-order valence-electron chi connectivity index (χ3n) is 6.93. The highest BCUT2D eigenvalue weighted by Crippen LogP contribution is 2.37. The maximum Gasteiger partial charge on any atom is 0.224 e. The van der Waals surface area contributed by atoms with Crippen molar-refractivity contribution in [3.05, 3.63) is 35.0 Å². The zero-order chi connectivity index (χ0) is 25.2. The van der Waals surface area contributed by atoms with Crippen LogP contribution in [-0.4, -0.2) is 44.7 Å². The second kappa shape index (κ2) is 10.5. The molecule has 0 bridgehead atoms. The van der Waals surface area contributed by atoms with Crippen LogP contribution in [0.15, 0.2) is 18.3 Å². The summed E-state index contributed by atoms with van der Waals surface area (Å²) in [5, 5.41) is 6.16. The second-order valence-electron chi connectivity index (χ2n) is 9.37. The van der Waals surface area contributed by atoms with Crippen LogP contribution in [0.2, 0.25) is 5.02 Å². The average molecular weight is 520 g/mol. The largest absolute Gasteiger partial charge is 0.381 e. The zero-order valence-electron chi connectivity index (χ0n) is 19.6. The molecule has 192 valence electrons. The van der Waals surface area contributed by atoms with Gasteiger partial charge in [0.05, 0.1) is 6.20 Å². The summed E-state index contributed by atoms with van der Waals surface area (Å²) in [4.78, 5) is 25.4. The summed E-state index contributed by atoms with van der Waals surface area (Å²) < 4.78 is 36.6. The number of anilines is 3.